The first-order chi connectivity index (χ1) is 12.2. The van der Waals surface area contributed by atoms with E-state index in [1.807, 2.05) is 0 Å². The van der Waals surface area contributed by atoms with Gasteiger partial charge < -0.3 is 0 Å². The molecule has 0 aliphatic rings. The van der Waals surface area contributed by atoms with Crippen LogP contribution in [0.15, 0.2) is 53.9 Å². The summed E-state index contributed by atoms with van der Waals surface area (Å²) in [5.74, 6) is 0. The van der Waals surface area contributed by atoms with Gasteiger partial charge in [-0.3, -0.25) is 0 Å². The van der Waals surface area contributed by atoms with Gasteiger partial charge in [-0.2, -0.15) is 4.40 Å². The molecule has 4 aromatic rings. The van der Waals surface area contributed by atoms with Gasteiger partial charge in [-0.1, -0.05) is 53.8 Å². The minimum absolute atomic E-state index is 1.05. The Bertz CT molecular complexity index is 1060. The Labute approximate surface area is 156 Å². The highest BCUT2D eigenvalue weighted by molar-refractivity contribution is 7.14. The Hall–Kier alpha value is -2.13. The molecule has 134 valence electrons. The number of nitrogens with zero attached hydrogens (tertiary/aromatic N) is 2. The quantitative estimate of drug-likeness (QED) is 0.409. The molecule has 0 saturated carbocycles. The van der Waals surface area contributed by atoms with Crippen LogP contribution in [0.25, 0.3) is 27.0 Å². The highest BCUT2D eigenvalue weighted by atomic mass is 35.7. The predicted molar refractivity (Wildman–Crippen MR) is 87.7 cm³/mol. The van der Waals surface area contributed by atoms with E-state index in [4.69, 9.17) is 18.6 Å². The molecule has 0 unspecified atom stereocenters. The monoisotopic (exact) mass is 390 g/mol. The largest absolute Gasteiger partial charge is 0.387 e. The van der Waals surface area contributed by atoms with Gasteiger partial charge in [0.05, 0.1) is 0 Å². The number of thiazole rings is 1. The van der Waals surface area contributed by atoms with Crippen molar-refractivity contribution < 1.29 is 33.3 Å². The number of hydrogen-bond acceptors (Lipinski definition) is 6. The van der Waals surface area contributed by atoms with Crippen LogP contribution >= 0.6 is 11.3 Å². The second-order valence-corrected chi connectivity index (χ2v) is 7.27. The lowest BCUT2D eigenvalue weighted by Crippen LogP contribution is -2.68. The third-order valence-corrected chi connectivity index (χ3v) is 4.75. The van der Waals surface area contributed by atoms with Crippen molar-refractivity contribution in [1.82, 2.24) is 4.98 Å². The second kappa shape index (κ2) is 7.24. The van der Waals surface area contributed by atoms with E-state index in [2.05, 4.69) is 77.1 Å². The Balaban J connectivity index is 0.000000349. The van der Waals surface area contributed by atoms with E-state index >= 15 is 0 Å². The van der Waals surface area contributed by atoms with Crippen LogP contribution in [0, 0.1) is 24.1 Å². The van der Waals surface area contributed by atoms with Gasteiger partial charge in [-0.05, 0) is 22.7 Å². The maximum absolute atomic E-state index is 8.49. The van der Waals surface area contributed by atoms with E-state index < -0.39 is 10.2 Å². The van der Waals surface area contributed by atoms with Gasteiger partial charge in [-0.25, -0.2) is 18.6 Å². The zero-order chi connectivity index (χ0) is 18.9. The number of aromatic nitrogens is 2. The first-order valence-corrected chi connectivity index (χ1v) is 9.73. The SMILES string of the molecule is Cc1cc(-c2cccc3ccccc23)[n+]2c(C)csc2n1.[O-][Cl+3]([O-])([O-])[O-]. The van der Waals surface area contributed by atoms with Gasteiger partial charge in [-0.15, -0.1) is 10.2 Å². The maximum Gasteiger partial charge on any atom is 0.387 e. The van der Waals surface area contributed by atoms with E-state index in [1.54, 1.807) is 11.3 Å². The summed E-state index contributed by atoms with van der Waals surface area (Å²) in [6.45, 7) is 4.19. The fraction of sp³-hybridized carbons (Fsp3) is 0.111. The van der Waals surface area contributed by atoms with Crippen LogP contribution in [0.2, 0.25) is 0 Å². The minimum Gasteiger partial charge on any atom is -0.222 e. The molecular formula is C18H15ClN2O4S. The standard InChI is InChI=1S/C18H15N2S.ClHO4/c1-12-10-17(20-13(2)11-21-18(20)19-12)16-9-5-7-14-6-3-4-8-15(14)16;2-1(3,4)5/h3-11H,1-2H3;(H,2,3,4,5)/q+1;/p-1. The molecule has 8 heteroatoms. The fourth-order valence-electron chi connectivity index (χ4n) is 2.86. The van der Waals surface area contributed by atoms with E-state index in [1.165, 1.54) is 27.7 Å². The molecule has 0 spiro atoms. The second-order valence-electron chi connectivity index (χ2n) is 5.68. The third-order valence-electron chi connectivity index (χ3n) is 3.80. The molecule has 0 aliphatic heterocycles. The van der Waals surface area contributed by atoms with Crippen molar-refractivity contribution in [1.29, 1.82) is 0 Å². The van der Waals surface area contributed by atoms with E-state index in [-0.39, 0.29) is 0 Å². The lowest BCUT2D eigenvalue weighted by Gasteiger charge is -2.17. The molecule has 0 radical (unpaired) electrons. The van der Waals surface area contributed by atoms with Crippen molar-refractivity contribution in [2.75, 3.05) is 0 Å². The first-order valence-electron chi connectivity index (χ1n) is 7.61. The molecule has 2 aromatic carbocycles. The lowest BCUT2D eigenvalue weighted by atomic mass is 10.0. The number of aryl methyl sites for hydroxylation is 2. The predicted octanol–water partition coefficient (Wildman–Crippen LogP) is -0.437. The molecule has 0 bridgehead atoms. The Morgan fingerprint density at radius 1 is 0.962 bits per heavy atom. The number of halogens is 1. The van der Waals surface area contributed by atoms with Crippen molar-refractivity contribution in [3.8, 4) is 11.3 Å². The van der Waals surface area contributed by atoms with E-state index in [0.717, 1.165) is 10.7 Å². The van der Waals surface area contributed by atoms with Gasteiger partial charge in [0.25, 0.3) is 0 Å². The number of fused-ring (bicyclic) bond motifs is 2. The molecule has 26 heavy (non-hydrogen) atoms. The molecule has 0 N–H and O–H groups in total. The normalized spacial score (nSPS) is 11.5. The zero-order valence-corrected chi connectivity index (χ0v) is 15.6. The molecule has 4 rings (SSSR count). The van der Waals surface area contributed by atoms with Crippen LogP contribution in [0.4, 0.5) is 0 Å². The van der Waals surface area contributed by atoms with Gasteiger partial charge >= 0.3 is 4.96 Å². The van der Waals surface area contributed by atoms with Gasteiger partial charge in [0.2, 0.25) is 0 Å². The molecule has 2 heterocycles. The summed E-state index contributed by atoms with van der Waals surface area (Å²) < 4.78 is 36.2. The van der Waals surface area contributed by atoms with Gasteiger partial charge in [0.1, 0.15) is 11.4 Å². The molecule has 6 nitrogen and oxygen atoms in total. The van der Waals surface area contributed by atoms with Crippen molar-refractivity contribution in [3.05, 3.63) is 65.3 Å². The summed E-state index contributed by atoms with van der Waals surface area (Å²) in [5, 5.41) is 4.72. The molecule has 0 aliphatic carbocycles. The van der Waals surface area contributed by atoms with Crippen molar-refractivity contribution in [3.63, 3.8) is 0 Å². The summed E-state index contributed by atoms with van der Waals surface area (Å²) >= 11 is 1.69. The zero-order valence-electron chi connectivity index (χ0n) is 14.0. The smallest absolute Gasteiger partial charge is 0.222 e. The minimum atomic E-state index is -4.94. The summed E-state index contributed by atoms with van der Waals surface area (Å²) in [6.07, 6.45) is 0. The summed E-state index contributed by atoms with van der Waals surface area (Å²) in [7, 11) is -4.94. The van der Waals surface area contributed by atoms with Crippen LogP contribution in [-0.2, 0) is 0 Å². The van der Waals surface area contributed by atoms with Crippen LogP contribution in [0.3, 0.4) is 0 Å². The van der Waals surface area contributed by atoms with Crippen LogP contribution in [-0.4, -0.2) is 4.98 Å². The summed E-state index contributed by atoms with van der Waals surface area (Å²) in [6, 6.07) is 17.2. The van der Waals surface area contributed by atoms with E-state index in [0.29, 0.717) is 0 Å². The number of rotatable bonds is 1. The average molecular weight is 391 g/mol. The van der Waals surface area contributed by atoms with Crippen LogP contribution in [0.1, 0.15) is 11.4 Å². The molecule has 0 fully saturated rings. The molecule has 0 saturated heterocycles. The van der Waals surface area contributed by atoms with E-state index in [9.17, 15) is 0 Å². The summed E-state index contributed by atoms with van der Waals surface area (Å²) in [5.41, 5.74) is 4.76. The van der Waals surface area contributed by atoms with Crippen LogP contribution < -0.4 is 23.0 Å². The van der Waals surface area contributed by atoms with Crippen molar-refractivity contribution >= 4 is 27.1 Å². The van der Waals surface area contributed by atoms with Gasteiger partial charge in [0.15, 0.2) is 5.69 Å². The molecule has 0 atom stereocenters. The number of hydrogen-bond donors (Lipinski definition) is 0. The summed E-state index contributed by atoms with van der Waals surface area (Å²) in [4.78, 5) is 5.70. The van der Waals surface area contributed by atoms with Gasteiger partial charge in [0, 0.05) is 23.9 Å². The fourth-order valence-corrected chi connectivity index (χ4v) is 3.78. The van der Waals surface area contributed by atoms with Crippen molar-refractivity contribution in [2.45, 2.75) is 13.8 Å². The third kappa shape index (κ3) is 4.16. The highest BCUT2D eigenvalue weighted by Crippen LogP contribution is 2.27. The molecular weight excluding hydrogens is 376 g/mol. The molecule has 0 amide bonds. The first kappa shape index (κ1) is 18.7. The average Bonchev–Trinajstić information content (AvgIpc) is 2.93. The maximum atomic E-state index is 8.49. The Kier molecular flexibility index (Phi) is 5.19. The Morgan fingerprint density at radius 3 is 2.35 bits per heavy atom. The topological polar surface area (TPSA) is 109 Å². The molecule has 2 aromatic heterocycles. The van der Waals surface area contributed by atoms with Crippen molar-refractivity contribution in [2.24, 2.45) is 0 Å². The van der Waals surface area contributed by atoms with Crippen LogP contribution in [0.5, 0.6) is 0 Å². The Morgan fingerprint density at radius 2 is 1.62 bits per heavy atom. The number of benzene rings is 2. The lowest BCUT2D eigenvalue weighted by molar-refractivity contribution is -2.00. The highest BCUT2D eigenvalue weighted by Gasteiger charge is 2.19.